The van der Waals surface area contributed by atoms with Gasteiger partial charge in [-0.05, 0) is 24.1 Å². The Balaban J connectivity index is 2.37. The van der Waals surface area contributed by atoms with Crippen LogP contribution in [0.25, 0.3) is 0 Å². The molecule has 0 bridgehead atoms. The van der Waals surface area contributed by atoms with Crippen LogP contribution in [-0.4, -0.2) is 14.7 Å². The number of halogens is 2. The molecule has 1 N–H and O–H groups in total. The van der Waals surface area contributed by atoms with Crippen molar-refractivity contribution in [1.29, 1.82) is 0 Å². The van der Waals surface area contributed by atoms with Crippen molar-refractivity contribution in [2.45, 2.75) is 18.6 Å². The fraction of sp³-hybridized carbons (Fsp3) is 0.214. The summed E-state index contributed by atoms with van der Waals surface area (Å²) in [7, 11) is 0. The molecule has 0 saturated carbocycles. The minimum Gasteiger partial charge on any atom is -0.383 e. The number of nitrogens with zero attached hydrogens (tertiary/aromatic N) is 2. The first-order valence-corrected chi connectivity index (χ1v) is 6.55. The average Bonchev–Trinajstić information content (AvgIpc) is 2.85. The molecule has 0 spiro atoms. The van der Waals surface area contributed by atoms with Crippen molar-refractivity contribution in [3.63, 3.8) is 0 Å². The standard InChI is InChI=1S/C14H14Cl2N2O/c1-2-5-14(19,9-18-7-6-17-10-18)11-3-4-12(15)13(16)8-11/h2-4,6-8,10,19H,1,5,9H2. The van der Waals surface area contributed by atoms with Crippen LogP contribution in [0.15, 0.2) is 49.6 Å². The number of rotatable bonds is 5. The lowest BCUT2D eigenvalue weighted by molar-refractivity contribution is 0.0213. The number of aliphatic hydroxyl groups is 1. The molecule has 19 heavy (non-hydrogen) atoms. The summed E-state index contributed by atoms with van der Waals surface area (Å²) in [6.45, 7) is 4.07. The van der Waals surface area contributed by atoms with Gasteiger partial charge in [0, 0.05) is 12.4 Å². The number of imidazole rings is 1. The van der Waals surface area contributed by atoms with Gasteiger partial charge in [-0.25, -0.2) is 4.98 Å². The van der Waals surface area contributed by atoms with Crippen molar-refractivity contribution in [2.24, 2.45) is 0 Å². The van der Waals surface area contributed by atoms with Crippen LogP contribution in [0.1, 0.15) is 12.0 Å². The highest BCUT2D eigenvalue weighted by molar-refractivity contribution is 6.42. The highest BCUT2D eigenvalue weighted by Crippen LogP contribution is 2.32. The zero-order valence-corrected chi connectivity index (χ0v) is 11.8. The third-order valence-corrected chi connectivity index (χ3v) is 3.68. The van der Waals surface area contributed by atoms with Crippen molar-refractivity contribution in [1.82, 2.24) is 9.55 Å². The average molecular weight is 297 g/mol. The SMILES string of the molecule is C=CCC(O)(Cn1ccnc1)c1ccc(Cl)c(Cl)c1. The van der Waals surface area contributed by atoms with E-state index in [4.69, 9.17) is 23.2 Å². The van der Waals surface area contributed by atoms with E-state index in [2.05, 4.69) is 11.6 Å². The highest BCUT2D eigenvalue weighted by atomic mass is 35.5. The summed E-state index contributed by atoms with van der Waals surface area (Å²) in [6, 6.07) is 5.14. The van der Waals surface area contributed by atoms with Crippen molar-refractivity contribution in [2.75, 3.05) is 0 Å². The van der Waals surface area contributed by atoms with Gasteiger partial charge in [-0.3, -0.25) is 0 Å². The Kier molecular flexibility index (Phi) is 4.30. The Morgan fingerprint density at radius 3 is 2.74 bits per heavy atom. The molecule has 2 rings (SSSR count). The Hall–Kier alpha value is -1.29. The van der Waals surface area contributed by atoms with Crippen molar-refractivity contribution in [3.05, 3.63) is 65.2 Å². The first-order chi connectivity index (χ1) is 9.05. The Morgan fingerprint density at radius 1 is 1.37 bits per heavy atom. The minimum absolute atomic E-state index is 0.372. The second-order valence-corrected chi connectivity index (χ2v) is 5.20. The third-order valence-electron chi connectivity index (χ3n) is 2.94. The van der Waals surface area contributed by atoms with Gasteiger partial charge >= 0.3 is 0 Å². The highest BCUT2D eigenvalue weighted by Gasteiger charge is 2.29. The number of benzene rings is 1. The lowest BCUT2D eigenvalue weighted by Gasteiger charge is -2.28. The Morgan fingerprint density at radius 2 is 2.16 bits per heavy atom. The van der Waals surface area contributed by atoms with E-state index in [1.807, 2.05) is 4.57 Å². The topological polar surface area (TPSA) is 38.0 Å². The molecule has 1 aromatic carbocycles. The molecule has 0 aliphatic heterocycles. The van der Waals surface area contributed by atoms with Gasteiger partial charge < -0.3 is 9.67 Å². The van der Waals surface area contributed by atoms with Crippen LogP contribution < -0.4 is 0 Å². The summed E-state index contributed by atoms with van der Waals surface area (Å²) in [5, 5.41) is 11.7. The molecule has 0 amide bonds. The van der Waals surface area contributed by atoms with Crippen LogP contribution in [0, 0.1) is 0 Å². The van der Waals surface area contributed by atoms with E-state index >= 15 is 0 Å². The monoisotopic (exact) mass is 296 g/mol. The molecule has 1 unspecified atom stereocenters. The van der Waals surface area contributed by atoms with Crippen LogP contribution >= 0.6 is 23.2 Å². The molecule has 0 fully saturated rings. The molecule has 1 atom stereocenters. The van der Waals surface area contributed by atoms with Gasteiger partial charge in [0.05, 0.1) is 22.9 Å². The third kappa shape index (κ3) is 3.18. The summed E-state index contributed by atoms with van der Waals surface area (Å²) in [4.78, 5) is 3.97. The summed E-state index contributed by atoms with van der Waals surface area (Å²) < 4.78 is 1.81. The first-order valence-electron chi connectivity index (χ1n) is 5.80. The van der Waals surface area contributed by atoms with Crippen molar-refractivity contribution >= 4 is 23.2 Å². The minimum atomic E-state index is -1.09. The molecule has 3 nitrogen and oxygen atoms in total. The molecule has 2 aromatic rings. The molecule has 0 aliphatic carbocycles. The molecule has 0 radical (unpaired) electrons. The summed E-state index contributed by atoms with van der Waals surface area (Å²) in [6.07, 6.45) is 7.21. The van der Waals surface area contributed by atoms with Gasteiger partial charge in [0.25, 0.3) is 0 Å². The molecule has 1 aromatic heterocycles. The maximum absolute atomic E-state index is 10.8. The van der Waals surface area contributed by atoms with Gasteiger partial charge in [-0.15, -0.1) is 6.58 Å². The van der Waals surface area contributed by atoms with Gasteiger partial charge in [0.2, 0.25) is 0 Å². The fourth-order valence-corrected chi connectivity index (χ4v) is 2.28. The van der Waals surface area contributed by atoms with E-state index in [9.17, 15) is 5.11 Å². The number of aromatic nitrogens is 2. The fourth-order valence-electron chi connectivity index (χ4n) is 1.98. The van der Waals surface area contributed by atoms with Gasteiger partial charge in [-0.1, -0.05) is 35.3 Å². The molecule has 0 saturated heterocycles. The van der Waals surface area contributed by atoms with E-state index in [1.165, 1.54) is 0 Å². The van der Waals surface area contributed by atoms with Crippen molar-refractivity contribution < 1.29 is 5.11 Å². The normalized spacial score (nSPS) is 14.1. The molecule has 100 valence electrons. The Bertz CT molecular complexity index is 569. The van der Waals surface area contributed by atoms with E-state index in [0.717, 1.165) is 0 Å². The second-order valence-electron chi connectivity index (χ2n) is 4.39. The summed E-state index contributed by atoms with van der Waals surface area (Å²) in [5.41, 5.74) is -0.382. The maximum atomic E-state index is 10.8. The van der Waals surface area contributed by atoms with E-state index in [0.29, 0.717) is 28.6 Å². The zero-order valence-electron chi connectivity index (χ0n) is 10.3. The summed E-state index contributed by atoms with van der Waals surface area (Å²) in [5.74, 6) is 0. The molecule has 5 heteroatoms. The van der Waals surface area contributed by atoms with E-state index in [1.54, 1.807) is 43.0 Å². The van der Waals surface area contributed by atoms with Crippen LogP contribution in [0.3, 0.4) is 0 Å². The van der Waals surface area contributed by atoms with E-state index in [-0.39, 0.29) is 0 Å². The quantitative estimate of drug-likeness (QED) is 0.855. The maximum Gasteiger partial charge on any atom is 0.111 e. The van der Waals surface area contributed by atoms with Crippen molar-refractivity contribution in [3.8, 4) is 0 Å². The van der Waals surface area contributed by atoms with Crippen LogP contribution in [0.5, 0.6) is 0 Å². The van der Waals surface area contributed by atoms with Gasteiger partial charge in [0.1, 0.15) is 5.60 Å². The summed E-state index contributed by atoms with van der Waals surface area (Å²) >= 11 is 11.9. The van der Waals surface area contributed by atoms with Crippen LogP contribution in [0.4, 0.5) is 0 Å². The second kappa shape index (κ2) is 5.78. The zero-order chi connectivity index (χ0) is 13.9. The largest absolute Gasteiger partial charge is 0.383 e. The predicted octanol–water partition coefficient (Wildman–Crippen LogP) is 3.65. The van der Waals surface area contributed by atoms with Gasteiger partial charge in [-0.2, -0.15) is 0 Å². The lowest BCUT2D eigenvalue weighted by Crippen LogP contribution is -2.30. The molecule has 0 aliphatic rings. The van der Waals surface area contributed by atoms with E-state index < -0.39 is 5.60 Å². The predicted molar refractivity (Wildman–Crippen MR) is 77.4 cm³/mol. The number of hydrogen-bond acceptors (Lipinski definition) is 2. The van der Waals surface area contributed by atoms with Crippen LogP contribution in [-0.2, 0) is 12.1 Å². The molecular formula is C14H14Cl2N2O. The lowest BCUT2D eigenvalue weighted by atomic mass is 9.90. The van der Waals surface area contributed by atoms with Crippen LogP contribution in [0.2, 0.25) is 10.0 Å². The Labute approximate surface area is 122 Å². The van der Waals surface area contributed by atoms with Gasteiger partial charge in [0.15, 0.2) is 0 Å². The molecular weight excluding hydrogens is 283 g/mol. The number of hydrogen-bond donors (Lipinski definition) is 1. The first kappa shape index (κ1) is 14.1. The smallest absolute Gasteiger partial charge is 0.111 e. The molecule has 1 heterocycles.